The summed E-state index contributed by atoms with van der Waals surface area (Å²) < 4.78 is 24.8. The SMILES string of the molecule is Cc1c(-c2ccc(=O)[nH]c2)nn(C2CCS(=O)(=O)C2)c1N. The molecule has 3 heterocycles. The van der Waals surface area contributed by atoms with Gasteiger partial charge in [0.1, 0.15) is 5.82 Å². The second kappa shape index (κ2) is 4.73. The highest BCUT2D eigenvalue weighted by molar-refractivity contribution is 7.91. The van der Waals surface area contributed by atoms with E-state index in [0.717, 1.165) is 11.1 Å². The van der Waals surface area contributed by atoms with Gasteiger partial charge in [-0.15, -0.1) is 0 Å². The van der Waals surface area contributed by atoms with E-state index < -0.39 is 9.84 Å². The molecule has 1 atom stereocenters. The van der Waals surface area contributed by atoms with Crippen LogP contribution in [0.15, 0.2) is 23.1 Å². The van der Waals surface area contributed by atoms with E-state index in [1.807, 2.05) is 6.92 Å². The smallest absolute Gasteiger partial charge is 0.247 e. The van der Waals surface area contributed by atoms with Crippen LogP contribution in [0.25, 0.3) is 11.3 Å². The summed E-state index contributed by atoms with van der Waals surface area (Å²) in [7, 11) is -3.00. The zero-order valence-corrected chi connectivity index (χ0v) is 12.4. The Hall–Kier alpha value is -2.09. The molecule has 3 rings (SSSR count). The molecule has 1 unspecified atom stereocenters. The van der Waals surface area contributed by atoms with Gasteiger partial charge < -0.3 is 10.7 Å². The zero-order valence-electron chi connectivity index (χ0n) is 11.5. The second-order valence-corrected chi connectivity index (χ2v) is 7.53. The van der Waals surface area contributed by atoms with Crippen molar-refractivity contribution in [2.45, 2.75) is 19.4 Å². The molecule has 1 aliphatic heterocycles. The molecule has 2 aromatic heterocycles. The zero-order chi connectivity index (χ0) is 15.2. The number of rotatable bonds is 2. The Morgan fingerprint density at radius 1 is 1.43 bits per heavy atom. The minimum Gasteiger partial charge on any atom is -0.384 e. The molecule has 0 aliphatic carbocycles. The predicted octanol–water partition coefficient (Wildman–Crippen LogP) is 0.489. The van der Waals surface area contributed by atoms with Crippen molar-refractivity contribution < 1.29 is 8.42 Å². The van der Waals surface area contributed by atoms with Crippen molar-refractivity contribution >= 4 is 15.7 Å². The first-order valence-corrected chi connectivity index (χ1v) is 8.43. The third-order valence-electron chi connectivity index (χ3n) is 3.81. The minimum atomic E-state index is -3.00. The van der Waals surface area contributed by atoms with Gasteiger partial charge in [0.15, 0.2) is 9.84 Å². The molecule has 0 saturated carbocycles. The lowest BCUT2D eigenvalue weighted by Crippen LogP contribution is -2.14. The van der Waals surface area contributed by atoms with Gasteiger partial charge in [0, 0.05) is 23.4 Å². The number of pyridine rings is 1. The number of H-pyrrole nitrogens is 1. The molecular formula is C13H16N4O3S. The largest absolute Gasteiger partial charge is 0.384 e. The Kier molecular flexibility index (Phi) is 3.12. The fraction of sp³-hybridized carbons (Fsp3) is 0.385. The molecule has 112 valence electrons. The van der Waals surface area contributed by atoms with Crippen LogP contribution in [0.5, 0.6) is 0 Å². The molecule has 8 heteroatoms. The average Bonchev–Trinajstić information content (AvgIpc) is 2.93. The molecule has 1 aliphatic rings. The lowest BCUT2D eigenvalue weighted by atomic mass is 10.1. The fourth-order valence-electron chi connectivity index (χ4n) is 2.61. The predicted molar refractivity (Wildman–Crippen MR) is 79.7 cm³/mol. The van der Waals surface area contributed by atoms with Crippen molar-refractivity contribution in [1.82, 2.24) is 14.8 Å². The first-order valence-electron chi connectivity index (χ1n) is 6.61. The van der Waals surface area contributed by atoms with E-state index in [0.29, 0.717) is 17.9 Å². The van der Waals surface area contributed by atoms with Crippen molar-refractivity contribution in [1.29, 1.82) is 0 Å². The summed E-state index contributed by atoms with van der Waals surface area (Å²) in [6.07, 6.45) is 2.10. The number of aromatic amines is 1. The quantitative estimate of drug-likeness (QED) is 0.838. The van der Waals surface area contributed by atoms with Crippen LogP contribution < -0.4 is 11.3 Å². The van der Waals surface area contributed by atoms with Crippen LogP contribution in [0.3, 0.4) is 0 Å². The third-order valence-corrected chi connectivity index (χ3v) is 5.56. The Balaban J connectivity index is 2.04. The van der Waals surface area contributed by atoms with Crippen LogP contribution in [0.1, 0.15) is 18.0 Å². The third kappa shape index (κ3) is 2.46. The number of aromatic nitrogens is 3. The molecule has 0 bridgehead atoms. The van der Waals surface area contributed by atoms with Gasteiger partial charge in [-0.25, -0.2) is 13.1 Å². The number of nitrogens with one attached hydrogen (secondary N) is 1. The number of hydrogen-bond donors (Lipinski definition) is 2. The van der Waals surface area contributed by atoms with Crippen molar-refractivity contribution in [3.05, 3.63) is 34.2 Å². The summed E-state index contributed by atoms with van der Waals surface area (Å²) in [4.78, 5) is 13.7. The van der Waals surface area contributed by atoms with E-state index in [9.17, 15) is 13.2 Å². The molecule has 3 N–H and O–H groups in total. The Morgan fingerprint density at radius 3 is 2.76 bits per heavy atom. The van der Waals surface area contributed by atoms with Gasteiger partial charge in [0.2, 0.25) is 5.56 Å². The topological polar surface area (TPSA) is 111 Å². The summed E-state index contributed by atoms with van der Waals surface area (Å²) in [5, 5.41) is 4.46. The van der Waals surface area contributed by atoms with Crippen molar-refractivity contribution in [2.75, 3.05) is 17.2 Å². The number of anilines is 1. The van der Waals surface area contributed by atoms with Crippen LogP contribution in [-0.2, 0) is 9.84 Å². The summed E-state index contributed by atoms with van der Waals surface area (Å²) in [5.41, 5.74) is 8.08. The maximum atomic E-state index is 11.6. The summed E-state index contributed by atoms with van der Waals surface area (Å²) in [6, 6.07) is 2.87. The number of sulfone groups is 1. The Morgan fingerprint density at radius 2 is 2.19 bits per heavy atom. The molecule has 1 fully saturated rings. The maximum Gasteiger partial charge on any atom is 0.247 e. The lowest BCUT2D eigenvalue weighted by Gasteiger charge is -2.10. The highest BCUT2D eigenvalue weighted by atomic mass is 32.2. The average molecular weight is 308 g/mol. The number of nitrogens with two attached hydrogens (primary N) is 1. The molecule has 7 nitrogen and oxygen atoms in total. The van der Waals surface area contributed by atoms with Gasteiger partial charge in [0.25, 0.3) is 0 Å². The van der Waals surface area contributed by atoms with Gasteiger partial charge in [-0.05, 0) is 19.4 Å². The molecule has 0 radical (unpaired) electrons. The van der Waals surface area contributed by atoms with Gasteiger partial charge in [-0.3, -0.25) is 4.79 Å². The van der Waals surface area contributed by atoms with E-state index in [-0.39, 0.29) is 23.1 Å². The van der Waals surface area contributed by atoms with Crippen LogP contribution in [0, 0.1) is 6.92 Å². The molecule has 0 aromatic carbocycles. The Bertz CT molecular complexity index is 830. The van der Waals surface area contributed by atoms with Gasteiger partial charge in [-0.1, -0.05) is 0 Å². The van der Waals surface area contributed by atoms with Crippen LogP contribution in [0.4, 0.5) is 5.82 Å². The molecule has 1 saturated heterocycles. The molecule has 0 amide bonds. The van der Waals surface area contributed by atoms with E-state index in [2.05, 4.69) is 10.1 Å². The van der Waals surface area contributed by atoms with E-state index in [1.54, 1.807) is 16.9 Å². The first-order chi connectivity index (χ1) is 9.87. The minimum absolute atomic E-state index is 0.0728. The maximum absolute atomic E-state index is 11.6. The molecule has 21 heavy (non-hydrogen) atoms. The van der Waals surface area contributed by atoms with E-state index in [1.165, 1.54) is 6.07 Å². The summed E-state index contributed by atoms with van der Waals surface area (Å²) >= 11 is 0. The van der Waals surface area contributed by atoms with Crippen molar-refractivity contribution in [2.24, 2.45) is 0 Å². The van der Waals surface area contributed by atoms with Crippen LogP contribution >= 0.6 is 0 Å². The van der Waals surface area contributed by atoms with Crippen molar-refractivity contribution in [3.8, 4) is 11.3 Å². The first kappa shape index (κ1) is 13.9. The van der Waals surface area contributed by atoms with Gasteiger partial charge in [-0.2, -0.15) is 5.10 Å². The van der Waals surface area contributed by atoms with E-state index in [4.69, 9.17) is 5.73 Å². The summed E-state index contributed by atoms with van der Waals surface area (Å²) in [5.74, 6) is 0.714. The van der Waals surface area contributed by atoms with Gasteiger partial charge >= 0.3 is 0 Å². The standard InChI is InChI=1S/C13H16N4O3S/c1-8-12(9-2-3-11(18)15-6-9)16-17(13(8)14)10-4-5-21(19,20)7-10/h2-3,6,10H,4-5,7,14H2,1H3,(H,15,18). The van der Waals surface area contributed by atoms with E-state index >= 15 is 0 Å². The fourth-order valence-corrected chi connectivity index (χ4v) is 4.30. The number of nitrogens with zero attached hydrogens (tertiary/aromatic N) is 2. The molecule has 0 spiro atoms. The normalized spacial score (nSPS) is 20.7. The number of hydrogen-bond acceptors (Lipinski definition) is 5. The Labute approximate surface area is 121 Å². The highest BCUT2D eigenvalue weighted by Crippen LogP contribution is 2.31. The molecule has 2 aromatic rings. The molecular weight excluding hydrogens is 292 g/mol. The highest BCUT2D eigenvalue weighted by Gasteiger charge is 2.31. The van der Waals surface area contributed by atoms with Crippen LogP contribution in [0.2, 0.25) is 0 Å². The van der Waals surface area contributed by atoms with Gasteiger partial charge in [0.05, 0.1) is 23.2 Å². The summed E-state index contributed by atoms with van der Waals surface area (Å²) in [6.45, 7) is 1.84. The number of nitrogen functional groups attached to an aromatic ring is 1. The van der Waals surface area contributed by atoms with Crippen molar-refractivity contribution in [3.63, 3.8) is 0 Å². The lowest BCUT2D eigenvalue weighted by molar-refractivity contribution is 0.508. The van der Waals surface area contributed by atoms with Crippen LogP contribution in [-0.4, -0.2) is 34.7 Å². The second-order valence-electron chi connectivity index (χ2n) is 5.30. The monoisotopic (exact) mass is 308 g/mol.